The number of hydrogen-bond acceptors (Lipinski definition) is 3. The molecule has 80 valence electrons. The first-order valence-electron chi connectivity index (χ1n) is 4.64. The van der Waals surface area contributed by atoms with Crippen molar-refractivity contribution in [3.05, 3.63) is 30.1 Å². The molecule has 0 saturated carbocycles. The van der Waals surface area contributed by atoms with Gasteiger partial charge in [-0.15, -0.1) is 11.8 Å². The minimum Gasteiger partial charge on any atom is -0.322 e. The number of carbonyl (C=O) groups excluding carboxylic acids is 1. The largest absolute Gasteiger partial charge is 0.322 e. The van der Waals surface area contributed by atoms with E-state index in [-0.39, 0.29) is 17.6 Å². The Labute approximate surface area is 91.4 Å². The standard InChI is InChI=1S/C10H11FN2OS/c11-7-3-1-2-4-8(7)13-10(14)9-5-15-6-12-9/h1-4,9,12H,5-6H2,(H,13,14)/t9-/m1/s1. The third-order valence-corrected chi connectivity index (χ3v) is 3.10. The number of hydrogen-bond donors (Lipinski definition) is 2. The zero-order valence-electron chi connectivity index (χ0n) is 8.00. The Hall–Kier alpha value is -1.07. The second kappa shape index (κ2) is 4.63. The predicted octanol–water partition coefficient (Wildman–Crippen LogP) is 1.43. The van der Waals surface area contributed by atoms with E-state index in [4.69, 9.17) is 0 Å². The molecule has 15 heavy (non-hydrogen) atoms. The number of anilines is 1. The molecule has 0 spiro atoms. The van der Waals surface area contributed by atoms with Crippen molar-refractivity contribution in [1.82, 2.24) is 5.32 Å². The number of amides is 1. The van der Waals surface area contributed by atoms with Crippen molar-refractivity contribution in [2.24, 2.45) is 0 Å². The van der Waals surface area contributed by atoms with E-state index < -0.39 is 5.82 Å². The van der Waals surface area contributed by atoms with E-state index in [1.54, 1.807) is 30.0 Å². The van der Waals surface area contributed by atoms with E-state index in [9.17, 15) is 9.18 Å². The molecule has 1 aliphatic heterocycles. The van der Waals surface area contributed by atoms with Gasteiger partial charge in [-0.1, -0.05) is 12.1 Å². The van der Waals surface area contributed by atoms with Gasteiger partial charge in [-0.05, 0) is 12.1 Å². The first-order valence-corrected chi connectivity index (χ1v) is 5.79. The van der Waals surface area contributed by atoms with Crippen LogP contribution in [-0.2, 0) is 4.79 Å². The van der Waals surface area contributed by atoms with Gasteiger partial charge in [0.15, 0.2) is 0 Å². The van der Waals surface area contributed by atoms with E-state index in [1.165, 1.54) is 6.07 Å². The summed E-state index contributed by atoms with van der Waals surface area (Å²) in [6, 6.07) is 5.95. The zero-order valence-corrected chi connectivity index (χ0v) is 8.81. The fraction of sp³-hybridized carbons (Fsp3) is 0.300. The normalized spacial score (nSPS) is 20.2. The molecule has 5 heteroatoms. The van der Waals surface area contributed by atoms with Crippen LogP contribution in [0.1, 0.15) is 0 Å². The van der Waals surface area contributed by atoms with Crippen LogP contribution in [0.15, 0.2) is 24.3 Å². The summed E-state index contributed by atoms with van der Waals surface area (Å²) in [5.74, 6) is 0.928. The SMILES string of the molecule is O=C(Nc1ccccc1F)[C@H]1CSCN1. The second-order valence-corrected chi connectivity index (χ2v) is 4.27. The molecule has 1 aromatic carbocycles. The maximum absolute atomic E-state index is 13.2. The molecule has 1 aliphatic rings. The van der Waals surface area contributed by atoms with Crippen molar-refractivity contribution < 1.29 is 9.18 Å². The van der Waals surface area contributed by atoms with Crippen molar-refractivity contribution in [1.29, 1.82) is 0 Å². The van der Waals surface area contributed by atoms with Gasteiger partial charge in [0.2, 0.25) is 5.91 Å². The van der Waals surface area contributed by atoms with E-state index in [1.807, 2.05) is 0 Å². The smallest absolute Gasteiger partial charge is 0.242 e. The molecule has 0 bridgehead atoms. The molecule has 1 heterocycles. The fourth-order valence-electron chi connectivity index (χ4n) is 1.35. The average Bonchev–Trinajstić information content (AvgIpc) is 2.74. The van der Waals surface area contributed by atoms with Gasteiger partial charge in [0, 0.05) is 11.6 Å². The summed E-state index contributed by atoms with van der Waals surface area (Å²) in [6.45, 7) is 0. The maximum Gasteiger partial charge on any atom is 0.242 e. The molecule has 0 aliphatic carbocycles. The molecule has 3 nitrogen and oxygen atoms in total. The fourth-order valence-corrected chi connectivity index (χ4v) is 2.29. The van der Waals surface area contributed by atoms with Crippen molar-refractivity contribution >= 4 is 23.4 Å². The van der Waals surface area contributed by atoms with Crippen LogP contribution in [0.3, 0.4) is 0 Å². The van der Waals surface area contributed by atoms with Crippen LogP contribution in [0.2, 0.25) is 0 Å². The van der Waals surface area contributed by atoms with E-state index in [2.05, 4.69) is 10.6 Å². The molecule has 0 unspecified atom stereocenters. The molecule has 1 amide bonds. The van der Waals surface area contributed by atoms with Crippen LogP contribution in [0.4, 0.5) is 10.1 Å². The number of para-hydroxylation sites is 1. The lowest BCUT2D eigenvalue weighted by Gasteiger charge is -2.10. The number of thioether (sulfide) groups is 1. The van der Waals surface area contributed by atoms with Gasteiger partial charge in [-0.2, -0.15) is 0 Å². The van der Waals surface area contributed by atoms with Crippen LogP contribution in [-0.4, -0.2) is 23.6 Å². The van der Waals surface area contributed by atoms with Crippen LogP contribution in [0, 0.1) is 5.82 Å². The van der Waals surface area contributed by atoms with Crippen LogP contribution >= 0.6 is 11.8 Å². The summed E-state index contributed by atoms with van der Waals surface area (Å²) >= 11 is 1.66. The third kappa shape index (κ3) is 2.49. The van der Waals surface area contributed by atoms with E-state index in [0.717, 1.165) is 11.6 Å². The first-order chi connectivity index (χ1) is 7.27. The van der Waals surface area contributed by atoms with Crippen molar-refractivity contribution in [3.63, 3.8) is 0 Å². The Morgan fingerprint density at radius 2 is 2.33 bits per heavy atom. The highest BCUT2D eigenvalue weighted by Gasteiger charge is 2.22. The van der Waals surface area contributed by atoms with Gasteiger partial charge in [-0.3, -0.25) is 10.1 Å². The third-order valence-electron chi connectivity index (χ3n) is 2.16. The number of carbonyl (C=O) groups is 1. The highest BCUT2D eigenvalue weighted by atomic mass is 32.2. The van der Waals surface area contributed by atoms with Gasteiger partial charge in [0.1, 0.15) is 5.82 Å². The Balaban J connectivity index is 2.02. The topological polar surface area (TPSA) is 41.1 Å². The summed E-state index contributed by atoms with van der Waals surface area (Å²) in [5.41, 5.74) is 0.237. The average molecular weight is 226 g/mol. The van der Waals surface area contributed by atoms with E-state index in [0.29, 0.717) is 0 Å². The summed E-state index contributed by atoms with van der Waals surface area (Å²) in [7, 11) is 0. The molecule has 1 fully saturated rings. The lowest BCUT2D eigenvalue weighted by Crippen LogP contribution is -2.37. The van der Waals surface area contributed by atoms with Gasteiger partial charge in [0.05, 0.1) is 11.7 Å². The van der Waals surface area contributed by atoms with Crippen LogP contribution < -0.4 is 10.6 Å². The van der Waals surface area contributed by atoms with Gasteiger partial charge >= 0.3 is 0 Å². The summed E-state index contributed by atoms with van der Waals surface area (Å²) in [5, 5.41) is 5.59. The first kappa shape index (κ1) is 10.4. The molecule has 1 saturated heterocycles. The lowest BCUT2D eigenvalue weighted by molar-refractivity contribution is -0.117. The second-order valence-electron chi connectivity index (χ2n) is 3.24. The highest BCUT2D eigenvalue weighted by molar-refractivity contribution is 7.99. The van der Waals surface area contributed by atoms with Crippen molar-refractivity contribution in [2.45, 2.75) is 6.04 Å². The molecule has 1 aromatic rings. The maximum atomic E-state index is 13.2. The predicted molar refractivity (Wildman–Crippen MR) is 59.3 cm³/mol. The minimum atomic E-state index is -0.406. The van der Waals surface area contributed by atoms with Crippen molar-refractivity contribution in [2.75, 3.05) is 16.9 Å². The number of halogens is 1. The highest BCUT2D eigenvalue weighted by Crippen LogP contribution is 2.15. The lowest BCUT2D eigenvalue weighted by atomic mass is 10.2. The Morgan fingerprint density at radius 3 is 3.00 bits per heavy atom. The number of benzene rings is 1. The molecule has 2 N–H and O–H groups in total. The Morgan fingerprint density at radius 1 is 1.53 bits per heavy atom. The quantitative estimate of drug-likeness (QED) is 0.801. The molecule has 2 rings (SSSR count). The Bertz CT molecular complexity index is 366. The molecule has 0 aromatic heterocycles. The van der Waals surface area contributed by atoms with Crippen LogP contribution in [0.25, 0.3) is 0 Å². The van der Waals surface area contributed by atoms with Gasteiger partial charge in [0.25, 0.3) is 0 Å². The van der Waals surface area contributed by atoms with E-state index >= 15 is 0 Å². The monoisotopic (exact) mass is 226 g/mol. The zero-order chi connectivity index (χ0) is 10.7. The Kier molecular flexibility index (Phi) is 3.23. The van der Waals surface area contributed by atoms with Crippen LogP contribution in [0.5, 0.6) is 0 Å². The van der Waals surface area contributed by atoms with Crippen molar-refractivity contribution in [3.8, 4) is 0 Å². The molecular formula is C10H11FN2OS. The molecular weight excluding hydrogens is 215 g/mol. The summed E-state index contributed by atoms with van der Waals surface area (Å²) < 4.78 is 13.2. The molecule has 1 atom stereocenters. The molecule has 0 radical (unpaired) electrons. The number of rotatable bonds is 2. The van der Waals surface area contributed by atoms with Gasteiger partial charge < -0.3 is 5.32 Å². The van der Waals surface area contributed by atoms with Gasteiger partial charge in [-0.25, -0.2) is 4.39 Å². The summed E-state index contributed by atoms with van der Waals surface area (Å²) in [6.07, 6.45) is 0. The number of nitrogens with one attached hydrogen (secondary N) is 2. The minimum absolute atomic E-state index is 0.176. The summed E-state index contributed by atoms with van der Waals surface area (Å²) in [4.78, 5) is 11.6.